The summed E-state index contributed by atoms with van der Waals surface area (Å²) in [6.45, 7) is 0. The Bertz CT molecular complexity index is 759. The predicted molar refractivity (Wildman–Crippen MR) is 72.8 cm³/mol. The molecule has 0 unspecified atom stereocenters. The molecule has 2 aromatic carbocycles. The first-order valence-corrected chi connectivity index (χ1v) is 6.15. The van der Waals surface area contributed by atoms with Crippen LogP contribution in [0.4, 0.5) is 25.0 Å². The Hall–Kier alpha value is -2.76. The van der Waals surface area contributed by atoms with Crippen LogP contribution >= 0.6 is 0 Å². The van der Waals surface area contributed by atoms with Crippen LogP contribution in [0.15, 0.2) is 48.5 Å². The van der Waals surface area contributed by atoms with Crippen molar-refractivity contribution in [1.29, 1.82) is 0 Å². The molecule has 1 aliphatic rings. The summed E-state index contributed by atoms with van der Waals surface area (Å²) >= 11 is 0. The Kier molecular flexibility index (Phi) is 2.76. The van der Waals surface area contributed by atoms with Gasteiger partial charge in [-0.05, 0) is 18.2 Å². The monoisotopic (exact) mass is 288 g/mol. The number of hydrogen-bond donors (Lipinski definition) is 1. The van der Waals surface area contributed by atoms with Gasteiger partial charge in [0.15, 0.2) is 0 Å². The number of anilines is 2. The Balaban J connectivity index is 2.42. The van der Waals surface area contributed by atoms with E-state index in [9.17, 15) is 18.4 Å². The SMILES string of the molecule is NC(=O)N1c2ccccc2C(=O)C(F)(F)c2ccccc21. The molecule has 0 atom stereocenters. The highest BCUT2D eigenvalue weighted by atomic mass is 19.3. The van der Waals surface area contributed by atoms with Crippen LogP contribution in [0.25, 0.3) is 0 Å². The molecule has 1 heterocycles. The molecule has 2 amide bonds. The number of carbonyl (C=O) groups excluding carboxylic acids is 2. The number of hydrogen-bond acceptors (Lipinski definition) is 2. The van der Waals surface area contributed by atoms with Crippen LogP contribution in [0, 0.1) is 0 Å². The second kappa shape index (κ2) is 4.37. The van der Waals surface area contributed by atoms with E-state index in [1.54, 1.807) is 6.07 Å². The molecule has 0 aromatic heterocycles. The van der Waals surface area contributed by atoms with Gasteiger partial charge in [-0.2, -0.15) is 8.78 Å². The number of urea groups is 1. The molecule has 106 valence electrons. The van der Waals surface area contributed by atoms with E-state index in [0.29, 0.717) is 0 Å². The minimum absolute atomic E-state index is 0.0552. The minimum Gasteiger partial charge on any atom is -0.351 e. The molecule has 4 nitrogen and oxygen atoms in total. The van der Waals surface area contributed by atoms with Crippen LogP contribution in [0.5, 0.6) is 0 Å². The molecule has 2 N–H and O–H groups in total. The number of primary amides is 1. The maximum absolute atomic E-state index is 14.4. The third-order valence-electron chi connectivity index (χ3n) is 3.38. The lowest BCUT2D eigenvalue weighted by Gasteiger charge is -2.22. The number of halogens is 2. The lowest BCUT2D eigenvalue weighted by molar-refractivity contribution is 0.00826. The number of ketones is 1. The summed E-state index contributed by atoms with van der Waals surface area (Å²) in [5.41, 5.74) is 4.52. The third kappa shape index (κ3) is 1.79. The number of nitrogens with zero attached hydrogens (tertiary/aromatic N) is 1. The van der Waals surface area contributed by atoms with E-state index < -0.39 is 23.3 Å². The van der Waals surface area contributed by atoms with Gasteiger partial charge >= 0.3 is 12.0 Å². The normalized spacial score (nSPS) is 15.9. The van der Waals surface area contributed by atoms with Gasteiger partial charge in [-0.1, -0.05) is 30.3 Å². The number of Topliss-reactive ketones (excluding diaryl/α,β-unsaturated/α-hetero) is 1. The maximum Gasteiger partial charge on any atom is 0.337 e. The number of benzene rings is 2. The first kappa shape index (κ1) is 13.2. The summed E-state index contributed by atoms with van der Waals surface area (Å²) in [6.07, 6.45) is 0. The molecule has 21 heavy (non-hydrogen) atoms. The van der Waals surface area contributed by atoms with Crippen LogP contribution in [-0.4, -0.2) is 11.8 Å². The van der Waals surface area contributed by atoms with Crippen LogP contribution < -0.4 is 10.6 Å². The molecule has 0 spiro atoms. The van der Waals surface area contributed by atoms with Crippen molar-refractivity contribution < 1.29 is 18.4 Å². The smallest absolute Gasteiger partial charge is 0.337 e. The second-order valence-corrected chi connectivity index (χ2v) is 4.61. The number of alkyl halides is 2. The number of fused-ring (bicyclic) bond motifs is 2. The van der Waals surface area contributed by atoms with Gasteiger partial charge < -0.3 is 5.73 Å². The van der Waals surface area contributed by atoms with Crippen molar-refractivity contribution in [1.82, 2.24) is 0 Å². The Morgan fingerprint density at radius 3 is 2.24 bits per heavy atom. The maximum atomic E-state index is 14.4. The fourth-order valence-corrected chi connectivity index (χ4v) is 2.45. The number of nitrogens with two attached hydrogens (primary N) is 1. The van der Waals surface area contributed by atoms with Gasteiger partial charge in [0.1, 0.15) is 0 Å². The minimum atomic E-state index is -3.73. The number of rotatable bonds is 0. The molecule has 6 heteroatoms. The molecular weight excluding hydrogens is 278 g/mol. The average molecular weight is 288 g/mol. The zero-order chi connectivity index (χ0) is 15.2. The zero-order valence-electron chi connectivity index (χ0n) is 10.7. The highest BCUT2D eigenvalue weighted by molar-refractivity contribution is 6.14. The van der Waals surface area contributed by atoms with Crippen molar-refractivity contribution in [3.8, 4) is 0 Å². The Labute approximate surface area is 118 Å². The van der Waals surface area contributed by atoms with Gasteiger partial charge in [0, 0.05) is 5.56 Å². The van der Waals surface area contributed by atoms with E-state index in [2.05, 4.69) is 0 Å². The second-order valence-electron chi connectivity index (χ2n) is 4.61. The molecule has 0 bridgehead atoms. The van der Waals surface area contributed by atoms with Gasteiger partial charge in [-0.15, -0.1) is 0 Å². The van der Waals surface area contributed by atoms with E-state index in [1.807, 2.05) is 0 Å². The van der Waals surface area contributed by atoms with Gasteiger partial charge in [-0.25, -0.2) is 4.79 Å². The van der Waals surface area contributed by atoms with E-state index >= 15 is 0 Å². The van der Waals surface area contributed by atoms with Crippen molar-refractivity contribution in [2.24, 2.45) is 5.73 Å². The molecule has 2 aromatic rings. The number of amides is 2. The van der Waals surface area contributed by atoms with Crippen LogP contribution in [0.1, 0.15) is 15.9 Å². The molecule has 0 aliphatic carbocycles. The fraction of sp³-hybridized carbons (Fsp3) is 0.0667. The lowest BCUT2D eigenvalue weighted by Crippen LogP contribution is -2.32. The highest BCUT2D eigenvalue weighted by Gasteiger charge is 2.48. The van der Waals surface area contributed by atoms with Crippen LogP contribution in [0.2, 0.25) is 0 Å². The summed E-state index contributed by atoms with van der Waals surface area (Å²) < 4.78 is 28.9. The first-order valence-electron chi connectivity index (χ1n) is 6.15. The predicted octanol–water partition coefficient (Wildman–Crippen LogP) is 3.19. The van der Waals surface area contributed by atoms with Crippen molar-refractivity contribution in [3.63, 3.8) is 0 Å². The zero-order valence-corrected chi connectivity index (χ0v) is 10.7. The van der Waals surface area contributed by atoms with Crippen molar-refractivity contribution in [2.45, 2.75) is 5.92 Å². The lowest BCUT2D eigenvalue weighted by atomic mass is 9.99. The van der Waals surface area contributed by atoms with Gasteiger partial charge in [0.05, 0.1) is 16.9 Å². The summed E-state index contributed by atoms with van der Waals surface area (Å²) in [5, 5.41) is 0. The van der Waals surface area contributed by atoms with Gasteiger partial charge in [-0.3, -0.25) is 9.69 Å². The van der Waals surface area contributed by atoms with Crippen LogP contribution in [0.3, 0.4) is 0 Å². The molecule has 0 saturated heterocycles. The van der Waals surface area contributed by atoms with Crippen molar-refractivity contribution >= 4 is 23.2 Å². The largest absolute Gasteiger partial charge is 0.351 e. The first-order chi connectivity index (χ1) is 9.94. The number of carbonyl (C=O) groups is 2. The quantitative estimate of drug-likeness (QED) is 0.809. The van der Waals surface area contributed by atoms with Gasteiger partial charge in [0.25, 0.3) is 0 Å². The molecule has 0 fully saturated rings. The Morgan fingerprint density at radius 1 is 1.00 bits per heavy atom. The molecule has 0 saturated carbocycles. The molecule has 0 radical (unpaired) electrons. The molecular formula is C15H10F2N2O2. The highest BCUT2D eigenvalue weighted by Crippen LogP contribution is 2.45. The molecule has 1 aliphatic heterocycles. The van der Waals surface area contributed by atoms with Crippen molar-refractivity contribution in [2.75, 3.05) is 4.90 Å². The summed E-state index contributed by atoms with van der Waals surface area (Å²) in [7, 11) is 0. The van der Waals surface area contributed by atoms with Gasteiger partial charge in [0.2, 0.25) is 5.78 Å². The summed E-state index contributed by atoms with van der Waals surface area (Å²) in [5.74, 6) is -5.08. The van der Waals surface area contributed by atoms with Crippen LogP contribution in [-0.2, 0) is 5.92 Å². The van der Waals surface area contributed by atoms with E-state index in [0.717, 1.165) is 11.0 Å². The van der Waals surface area contributed by atoms with Crippen molar-refractivity contribution in [3.05, 3.63) is 59.7 Å². The van der Waals surface area contributed by atoms with E-state index in [4.69, 9.17) is 5.73 Å². The Morgan fingerprint density at radius 2 is 1.57 bits per heavy atom. The molecule has 3 rings (SSSR count). The topological polar surface area (TPSA) is 63.4 Å². The summed E-state index contributed by atoms with van der Waals surface area (Å²) in [6, 6.07) is 10.1. The van der Waals surface area contributed by atoms with E-state index in [1.165, 1.54) is 36.4 Å². The number of para-hydroxylation sites is 2. The third-order valence-corrected chi connectivity index (χ3v) is 3.38. The average Bonchev–Trinajstić information content (AvgIpc) is 2.53. The fourth-order valence-electron chi connectivity index (χ4n) is 2.45. The standard InChI is InChI=1S/C15H10F2N2O2/c16-15(17)10-6-2-4-8-12(10)19(14(18)21)11-7-3-1-5-9(11)13(15)20/h1-8H,(H2,18,21). The summed E-state index contributed by atoms with van der Waals surface area (Å²) in [4.78, 5) is 24.8. The van der Waals surface area contributed by atoms with E-state index in [-0.39, 0.29) is 16.9 Å².